The highest BCUT2D eigenvalue weighted by Crippen LogP contribution is 2.07. The predicted molar refractivity (Wildman–Crippen MR) is 73.7 cm³/mol. The highest BCUT2D eigenvalue weighted by Gasteiger charge is 2.18. The molecule has 1 amide bonds. The quantitative estimate of drug-likeness (QED) is 0.771. The van der Waals surface area contributed by atoms with Gasteiger partial charge in [0.25, 0.3) is 11.5 Å². The fraction of sp³-hybridized carbons (Fsp3) is 0.167. The van der Waals surface area contributed by atoms with Crippen molar-refractivity contribution in [3.05, 3.63) is 51.9 Å². The second kappa shape index (κ2) is 4.89. The number of aromatic amines is 1. The van der Waals surface area contributed by atoms with Gasteiger partial charge in [-0.1, -0.05) is 0 Å². The molecule has 102 valence electrons. The lowest BCUT2D eigenvalue weighted by atomic mass is 10.3. The minimum absolute atomic E-state index is 0.0509. The molecule has 0 aliphatic heterocycles. The topological polar surface area (TPSA) is 83.4 Å². The second-order valence-electron chi connectivity index (χ2n) is 4.23. The Bertz CT molecular complexity index is 805. The van der Waals surface area contributed by atoms with Crippen molar-refractivity contribution in [3.63, 3.8) is 0 Å². The van der Waals surface area contributed by atoms with Crippen LogP contribution in [-0.2, 0) is 6.54 Å². The Balaban J connectivity index is 1.92. The van der Waals surface area contributed by atoms with E-state index >= 15 is 0 Å². The molecule has 7 nitrogen and oxygen atoms in total. The largest absolute Gasteiger partial charge is 0.347 e. The molecule has 0 bridgehead atoms. The number of nitrogens with one attached hydrogen (secondary N) is 1. The van der Waals surface area contributed by atoms with E-state index in [1.807, 2.05) is 0 Å². The highest BCUT2D eigenvalue weighted by atomic mass is 32.1. The molecule has 0 saturated carbocycles. The fourth-order valence-electron chi connectivity index (χ4n) is 1.86. The van der Waals surface area contributed by atoms with Crippen molar-refractivity contribution in [3.8, 4) is 0 Å². The maximum Gasteiger partial charge on any atom is 0.271 e. The number of aromatic nitrogens is 4. The van der Waals surface area contributed by atoms with E-state index in [0.717, 1.165) is 0 Å². The zero-order chi connectivity index (χ0) is 14.1. The van der Waals surface area contributed by atoms with Crippen LogP contribution in [0.1, 0.15) is 16.2 Å². The van der Waals surface area contributed by atoms with E-state index in [4.69, 9.17) is 0 Å². The van der Waals surface area contributed by atoms with Gasteiger partial charge in [-0.3, -0.25) is 14.0 Å². The summed E-state index contributed by atoms with van der Waals surface area (Å²) in [6.45, 7) is 0.303. The molecule has 3 rings (SSSR count). The summed E-state index contributed by atoms with van der Waals surface area (Å²) >= 11 is 1.35. The summed E-state index contributed by atoms with van der Waals surface area (Å²) in [5, 5.41) is 1.75. The zero-order valence-electron chi connectivity index (χ0n) is 10.6. The molecule has 0 atom stereocenters. The zero-order valence-corrected chi connectivity index (χ0v) is 11.4. The summed E-state index contributed by atoms with van der Waals surface area (Å²) in [5.74, 6) is 0.282. The predicted octanol–water partition coefficient (Wildman–Crippen LogP) is 0.751. The first-order valence-electron chi connectivity index (χ1n) is 5.85. The standard InChI is InChI=1S/C12H11N5O2S/c1-16(7-9-13-2-3-14-9)10(18)8-6-15-12-17(11(8)19)4-5-20-12/h2-6H,7H2,1H3,(H,13,14). The molecular formula is C12H11N5O2S. The summed E-state index contributed by atoms with van der Waals surface area (Å²) < 4.78 is 1.37. The van der Waals surface area contributed by atoms with Gasteiger partial charge in [0.05, 0.1) is 6.54 Å². The summed E-state index contributed by atoms with van der Waals surface area (Å²) in [4.78, 5) is 37.6. The Labute approximate surface area is 117 Å². The fourth-order valence-corrected chi connectivity index (χ4v) is 2.53. The molecule has 20 heavy (non-hydrogen) atoms. The van der Waals surface area contributed by atoms with Crippen LogP contribution in [0.25, 0.3) is 4.96 Å². The van der Waals surface area contributed by atoms with E-state index in [-0.39, 0.29) is 17.0 Å². The van der Waals surface area contributed by atoms with E-state index in [9.17, 15) is 9.59 Å². The third-order valence-electron chi connectivity index (χ3n) is 2.86. The van der Waals surface area contributed by atoms with Crippen molar-refractivity contribution in [1.29, 1.82) is 0 Å². The lowest BCUT2D eigenvalue weighted by Gasteiger charge is -2.15. The molecule has 8 heteroatoms. The molecule has 3 aromatic rings. The summed E-state index contributed by atoms with van der Waals surface area (Å²) in [5.41, 5.74) is -0.303. The minimum atomic E-state index is -0.375. The normalized spacial score (nSPS) is 10.8. The van der Waals surface area contributed by atoms with Gasteiger partial charge in [0.15, 0.2) is 4.96 Å². The van der Waals surface area contributed by atoms with Crippen LogP contribution in [0.3, 0.4) is 0 Å². The van der Waals surface area contributed by atoms with Crippen LogP contribution in [0.15, 0.2) is 35.0 Å². The van der Waals surface area contributed by atoms with Crippen LogP contribution in [0.2, 0.25) is 0 Å². The minimum Gasteiger partial charge on any atom is -0.347 e. The molecule has 1 N–H and O–H groups in total. The average Bonchev–Trinajstić information content (AvgIpc) is 3.09. The number of rotatable bonds is 3. The van der Waals surface area contributed by atoms with Crippen LogP contribution in [0.4, 0.5) is 0 Å². The van der Waals surface area contributed by atoms with Crippen molar-refractivity contribution >= 4 is 22.2 Å². The van der Waals surface area contributed by atoms with Gasteiger partial charge in [0.2, 0.25) is 0 Å². The van der Waals surface area contributed by atoms with E-state index in [1.54, 1.807) is 31.0 Å². The van der Waals surface area contributed by atoms with Crippen LogP contribution in [0.5, 0.6) is 0 Å². The Morgan fingerprint density at radius 3 is 3.10 bits per heavy atom. The molecule has 0 aliphatic rings. The Morgan fingerprint density at radius 1 is 1.50 bits per heavy atom. The van der Waals surface area contributed by atoms with Gasteiger partial charge in [0.1, 0.15) is 11.4 Å². The number of carbonyl (C=O) groups is 1. The Morgan fingerprint density at radius 2 is 2.35 bits per heavy atom. The second-order valence-corrected chi connectivity index (χ2v) is 5.10. The van der Waals surface area contributed by atoms with Gasteiger partial charge < -0.3 is 9.88 Å². The van der Waals surface area contributed by atoms with Gasteiger partial charge >= 0.3 is 0 Å². The first-order chi connectivity index (χ1) is 9.66. The van der Waals surface area contributed by atoms with Crippen molar-refractivity contribution in [2.75, 3.05) is 7.05 Å². The lowest BCUT2D eigenvalue weighted by Crippen LogP contribution is -2.32. The lowest BCUT2D eigenvalue weighted by molar-refractivity contribution is 0.0779. The van der Waals surface area contributed by atoms with Crippen LogP contribution in [-0.4, -0.2) is 37.2 Å². The number of thiazole rings is 1. The van der Waals surface area contributed by atoms with Crippen molar-refractivity contribution in [2.45, 2.75) is 6.54 Å². The molecule has 0 fully saturated rings. The van der Waals surface area contributed by atoms with E-state index in [1.165, 1.54) is 26.8 Å². The van der Waals surface area contributed by atoms with Gasteiger partial charge in [-0.05, 0) is 0 Å². The van der Waals surface area contributed by atoms with Crippen molar-refractivity contribution < 1.29 is 4.79 Å². The van der Waals surface area contributed by atoms with Gasteiger partial charge in [-0.25, -0.2) is 9.97 Å². The monoisotopic (exact) mass is 289 g/mol. The number of nitrogens with zero attached hydrogens (tertiary/aromatic N) is 4. The maximum atomic E-state index is 12.3. The van der Waals surface area contributed by atoms with Crippen LogP contribution < -0.4 is 5.56 Å². The number of amides is 1. The number of imidazole rings is 1. The molecule has 0 aromatic carbocycles. The van der Waals surface area contributed by atoms with Crippen LogP contribution >= 0.6 is 11.3 Å². The Kier molecular flexibility index (Phi) is 3.07. The first-order valence-corrected chi connectivity index (χ1v) is 6.73. The molecule has 3 heterocycles. The number of hydrogen-bond acceptors (Lipinski definition) is 5. The summed E-state index contributed by atoms with van der Waals surface area (Å²) in [6, 6.07) is 0. The van der Waals surface area contributed by atoms with Crippen molar-refractivity contribution in [2.24, 2.45) is 0 Å². The van der Waals surface area contributed by atoms with Gasteiger partial charge in [0, 0.05) is 37.2 Å². The summed E-state index contributed by atoms with van der Waals surface area (Å²) in [6.07, 6.45) is 6.23. The molecule has 3 aromatic heterocycles. The molecule has 0 spiro atoms. The molecule has 0 radical (unpaired) electrons. The number of fused-ring (bicyclic) bond motifs is 1. The number of carbonyl (C=O) groups excluding carboxylic acids is 1. The molecule has 0 aliphatic carbocycles. The van der Waals surface area contributed by atoms with Crippen molar-refractivity contribution in [1.82, 2.24) is 24.3 Å². The molecule has 0 saturated heterocycles. The summed E-state index contributed by atoms with van der Waals surface area (Å²) in [7, 11) is 1.62. The third-order valence-corrected chi connectivity index (χ3v) is 3.63. The average molecular weight is 289 g/mol. The van der Waals surface area contributed by atoms with E-state index in [2.05, 4.69) is 15.0 Å². The van der Waals surface area contributed by atoms with E-state index < -0.39 is 0 Å². The SMILES string of the molecule is CN(Cc1ncc[nH]1)C(=O)c1cnc2sccn2c1=O. The first kappa shape index (κ1) is 12.5. The third kappa shape index (κ3) is 2.10. The number of hydrogen-bond donors (Lipinski definition) is 1. The van der Waals surface area contributed by atoms with Gasteiger partial charge in [-0.15, -0.1) is 11.3 Å². The maximum absolute atomic E-state index is 12.3. The number of H-pyrrole nitrogens is 1. The van der Waals surface area contributed by atoms with E-state index in [0.29, 0.717) is 17.3 Å². The van der Waals surface area contributed by atoms with Crippen LogP contribution in [0, 0.1) is 0 Å². The molecule has 0 unspecified atom stereocenters. The Hall–Kier alpha value is -2.48. The smallest absolute Gasteiger partial charge is 0.271 e. The van der Waals surface area contributed by atoms with Gasteiger partial charge in [-0.2, -0.15) is 0 Å². The molecular weight excluding hydrogens is 278 g/mol. The highest BCUT2D eigenvalue weighted by molar-refractivity contribution is 7.15.